The topological polar surface area (TPSA) is 94.1 Å². The van der Waals surface area contributed by atoms with Gasteiger partial charge in [0.05, 0.1) is 58.5 Å². The van der Waals surface area contributed by atoms with Crippen LogP contribution in [-0.2, 0) is 70.9 Å². The van der Waals surface area contributed by atoms with Gasteiger partial charge in [-0.25, -0.2) is 0 Å². The standard InChI is InChI=1S/C47H52O9/c48-44-26-40(50-29-36-18-8-2-9-19-36)46(53-31-38-22-12-4-13-23-38)43(55-44)34-52-45-27-41(51-30-37-20-10-3-11-21-37)47(54-32-39-24-14-5-15-25-39)42(56-45)33-49-28-35-16-6-1-7-17-35/h1-25,40-48H,26-34H2/t40-,41-,42-,43-,44+,45-,46+,47+/m1/s1. The highest BCUT2D eigenvalue weighted by Crippen LogP contribution is 2.31. The summed E-state index contributed by atoms with van der Waals surface area (Å²) >= 11 is 0. The van der Waals surface area contributed by atoms with Crippen LogP contribution >= 0.6 is 0 Å². The third-order valence-corrected chi connectivity index (χ3v) is 10.0. The van der Waals surface area contributed by atoms with E-state index < -0.39 is 43.1 Å². The first-order valence-electron chi connectivity index (χ1n) is 19.5. The maximum Gasteiger partial charge on any atom is 0.160 e. The first-order valence-corrected chi connectivity index (χ1v) is 19.5. The molecule has 2 aliphatic heterocycles. The summed E-state index contributed by atoms with van der Waals surface area (Å²) in [7, 11) is 0. The van der Waals surface area contributed by atoms with E-state index in [2.05, 4.69) is 0 Å². The molecule has 2 aliphatic rings. The second-order valence-electron chi connectivity index (χ2n) is 14.2. The number of ether oxygens (including phenoxy) is 8. The van der Waals surface area contributed by atoms with E-state index >= 15 is 0 Å². The Balaban J connectivity index is 1.08. The third kappa shape index (κ3) is 12.1. The fourth-order valence-electron chi connectivity index (χ4n) is 7.09. The molecule has 0 bridgehead atoms. The zero-order valence-electron chi connectivity index (χ0n) is 31.6. The van der Waals surface area contributed by atoms with Gasteiger partial charge in [0.1, 0.15) is 24.4 Å². The minimum Gasteiger partial charge on any atom is -0.374 e. The molecule has 294 valence electrons. The van der Waals surface area contributed by atoms with E-state index in [-0.39, 0.29) is 25.7 Å². The quantitative estimate of drug-likeness (QED) is 0.0906. The lowest BCUT2D eigenvalue weighted by Crippen LogP contribution is -2.55. The number of hydrogen-bond donors (Lipinski definition) is 1. The van der Waals surface area contributed by atoms with Gasteiger partial charge in [0, 0.05) is 12.8 Å². The van der Waals surface area contributed by atoms with Gasteiger partial charge in [0.25, 0.3) is 0 Å². The summed E-state index contributed by atoms with van der Waals surface area (Å²) in [5, 5.41) is 10.9. The van der Waals surface area contributed by atoms with Gasteiger partial charge in [-0.3, -0.25) is 0 Å². The largest absolute Gasteiger partial charge is 0.374 e. The summed E-state index contributed by atoms with van der Waals surface area (Å²) in [6.07, 6.45) is -4.01. The first kappa shape index (κ1) is 40.0. The van der Waals surface area contributed by atoms with Crippen LogP contribution in [0, 0.1) is 0 Å². The fraction of sp³-hybridized carbons (Fsp3) is 0.362. The monoisotopic (exact) mass is 760 g/mol. The minimum absolute atomic E-state index is 0.0882. The van der Waals surface area contributed by atoms with Gasteiger partial charge >= 0.3 is 0 Å². The van der Waals surface area contributed by atoms with Crippen molar-refractivity contribution in [3.05, 3.63) is 179 Å². The Labute approximate surface area is 330 Å². The van der Waals surface area contributed by atoms with Crippen molar-refractivity contribution >= 4 is 0 Å². The average molecular weight is 761 g/mol. The molecule has 0 radical (unpaired) electrons. The summed E-state index contributed by atoms with van der Waals surface area (Å²) in [6, 6.07) is 50.2. The molecular weight excluding hydrogens is 709 g/mol. The summed E-state index contributed by atoms with van der Waals surface area (Å²) < 4.78 is 51.9. The number of aliphatic hydroxyl groups is 1. The SMILES string of the molecule is O[C@@H]1C[C@@H](OCc2ccccc2)[C@H](OCc2ccccc2)[C@@H](CO[C@H]2C[C@@H](OCc3ccccc3)[C@H](OCc3ccccc3)[C@@H](COCc3ccccc3)O2)O1. The number of hydrogen-bond acceptors (Lipinski definition) is 9. The molecule has 0 amide bonds. The van der Waals surface area contributed by atoms with Crippen LogP contribution < -0.4 is 0 Å². The molecule has 9 heteroatoms. The Morgan fingerprint density at radius 3 is 1.23 bits per heavy atom. The van der Waals surface area contributed by atoms with Crippen LogP contribution in [0.5, 0.6) is 0 Å². The fourth-order valence-corrected chi connectivity index (χ4v) is 7.09. The van der Waals surface area contributed by atoms with E-state index in [1.54, 1.807) is 0 Å². The zero-order valence-corrected chi connectivity index (χ0v) is 31.6. The molecule has 9 nitrogen and oxygen atoms in total. The van der Waals surface area contributed by atoms with Gasteiger partial charge in [-0.1, -0.05) is 152 Å². The highest BCUT2D eigenvalue weighted by molar-refractivity contribution is 5.17. The summed E-state index contributed by atoms with van der Waals surface area (Å²) in [5.74, 6) is 0. The highest BCUT2D eigenvalue weighted by atomic mass is 16.7. The summed E-state index contributed by atoms with van der Waals surface area (Å²) in [5.41, 5.74) is 5.22. The van der Waals surface area contributed by atoms with Crippen molar-refractivity contribution in [2.75, 3.05) is 13.2 Å². The van der Waals surface area contributed by atoms with E-state index in [4.69, 9.17) is 37.9 Å². The van der Waals surface area contributed by atoms with Crippen LogP contribution in [0.3, 0.4) is 0 Å². The number of rotatable bonds is 19. The predicted octanol–water partition coefficient (Wildman–Crippen LogP) is 7.78. The molecule has 1 N–H and O–H groups in total. The molecule has 0 aliphatic carbocycles. The van der Waals surface area contributed by atoms with Crippen LogP contribution in [-0.4, -0.2) is 67.5 Å². The Hall–Kier alpha value is -4.26. The van der Waals surface area contributed by atoms with Crippen molar-refractivity contribution in [3.63, 3.8) is 0 Å². The average Bonchev–Trinajstić information content (AvgIpc) is 3.25. The lowest BCUT2D eigenvalue weighted by atomic mass is 10.00. The van der Waals surface area contributed by atoms with Crippen molar-refractivity contribution < 1.29 is 43.0 Å². The Bertz CT molecular complexity index is 1800. The van der Waals surface area contributed by atoms with Crippen molar-refractivity contribution in [1.82, 2.24) is 0 Å². The normalized spacial score (nSPS) is 25.2. The summed E-state index contributed by atoms with van der Waals surface area (Å²) in [6.45, 7) is 2.28. The maximum atomic E-state index is 10.9. The van der Waals surface area contributed by atoms with Crippen molar-refractivity contribution in [2.24, 2.45) is 0 Å². The van der Waals surface area contributed by atoms with Gasteiger partial charge in [0.15, 0.2) is 12.6 Å². The molecule has 2 heterocycles. The van der Waals surface area contributed by atoms with Crippen LogP contribution in [0.15, 0.2) is 152 Å². The van der Waals surface area contributed by atoms with Gasteiger partial charge < -0.3 is 43.0 Å². The van der Waals surface area contributed by atoms with E-state index in [1.165, 1.54) is 0 Å². The maximum absolute atomic E-state index is 10.9. The van der Waals surface area contributed by atoms with Gasteiger partial charge in [-0.2, -0.15) is 0 Å². The third-order valence-electron chi connectivity index (χ3n) is 10.0. The zero-order chi connectivity index (χ0) is 38.2. The van der Waals surface area contributed by atoms with Gasteiger partial charge in [-0.05, 0) is 27.8 Å². The Morgan fingerprint density at radius 1 is 0.411 bits per heavy atom. The molecule has 7 rings (SSSR count). The second-order valence-corrected chi connectivity index (χ2v) is 14.2. The van der Waals surface area contributed by atoms with Crippen molar-refractivity contribution in [3.8, 4) is 0 Å². The molecule has 0 saturated carbocycles. The number of aliphatic hydroxyl groups excluding tert-OH is 1. The van der Waals surface area contributed by atoms with E-state index in [1.807, 2.05) is 152 Å². The Kier molecular flexibility index (Phi) is 15.2. The van der Waals surface area contributed by atoms with Gasteiger partial charge in [-0.15, -0.1) is 0 Å². The molecule has 0 unspecified atom stereocenters. The molecule has 8 atom stereocenters. The van der Waals surface area contributed by atoms with E-state index in [9.17, 15) is 5.11 Å². The van der Waals surface area contributed by atoms with Crippen LogP contribution in [0.2, 0.25) is 0 Å². The first-order chi connectivity index (χ1) is 27.7. The molecule has 0 spiro atoms. The molecule has 0 aromatic heterocycles. The van der Waals surface area contributed by atoms with Crippen LogP contribution in [0.4, 0.5) is 0 Å². The second kappa shape index (κ2) is 21.3. The number of benzene rings is 5. The lowest BCUT2D eigenvalue weighted by Gasteiger charge is -2.43. The molecule has 56 heavy (non-hydrogen) atoms. The van der Waals surface area contributed by atoms with Crippen LogP contribution in [0.1, 0.15) is 40.7 Å². The molecule has 5 aromatic carbocycles. The van der Waals surface area contributed by atoms with Crippen molar-refractivity contribution in [2.45, 2.75) is 95.1 Å². The van der Waals surface area contributed by atoms with Crippen LogP contribution in [0.25, 0.3) is 0 Å². The molecule has 2 saturated heterocycles. The van der Waals surface area contributed by atoms with E-state index in [0.29, 0.717) is 39.5 Å². The van der Waals surface area contributed by atoms with E-state index in [0.717, 1.165) is 27.8 Å². The predicted molar refractivity (Wildman–Crippen MR) is 211 cm³/mol. The highest BCUT2D eigenvalue weighted by Gasteiger charge is 2.44. The molecular formula is C47H52O9. The minimum atomic E-state index is -1.05. The Morgan fingerprint density at radius 2 is 0.786 bits per heavy atom. The molecule has 2 fully saturated rings. The lowest BCUT2D eigenvalue weighted by molar-refractivity contribution is -0.303. The smallest absolute Gasteiger partial charge is 0.160 e. The summed E-state index contributed by atoms with van der Waals surface area (Å²) in [4.78, 5) is 0. The van der Waals surface area contributed by atoms with Crippen molar-refractivity contribution in [1.29, 1.82) is 0 Å². The molecule has 5 aromatic rings. The van der Waals surface area contributed by atoms with Gasteiger partial charge in [0.2, 0.25) is 0 Å².